The van der Waals surface area contributed by atoms with Crippen molar-refractivity contribution in [2.45, 2.75) is 26.2 Å². The lowest BCUT2D eigenvalue weighted by Crippen LogP contribution is -2.25. The molecule has 0 atom stereocenters. The average molecular weight is 335 g/mol. The molecule has 25 heavy (non-hydrogen) atoms. The van der Waals surface area contributed by atoms with Gasteiger partial charge in [0.05, 0.1) is 0 Å². The van der Waals surface area contributed by atoms with Gasteiger partial charge >= 0.3 is 0 Å². The Kier molecular flexibility index (Phi) is 4.70. The number of aromatic nitrogens is 1. The fourth-order valence-electron chi connectivity index (χ4n) is 3.41. The third-order valence-corrected chi connectivity index (χ3v) is 4.95. The van der Waals surface area contributed by atoms with Crippen molar-refractivity contribution in [3.8, 4) is 11.5 Å². The van der Waals surface area contributed by atoms with Crippen LogP contribution in [0.4, 0.5) is 5.69 Å². The molecule has 1 aliphatic heterocycles. The third-order valence-electron chi connectivity index (χ3n) is 4.95. The summed E-state index contributed by atoms with van der Waals surface area (Å²) in [5.41, 5.74) is 5.18. The summed E-state index contributed by atoms with van der Waals surface area (Å²) in [6.07, 6.45) is 3.72. The number of nitrogens with zero attached hydrogens (tertiary/aromatic N) is 2. The summed E-state index contributed by atoms with van der Waals surface area (Å²) < 4.78 is 5.99. The molecule has 1 aliphatic rings. The minimum absolute atomic E-state index is 0.687. The lowest BCUT2D eigenvalue weighted by atomic mass is 10.1. The van der Waals surface area contributed by atoms with Crippen molar-refractivity contribution in [3.05, 3.63) is 48.0 Å². The van der Waals surface area contributed by atoms with Crippen LogP contribution in [0.2, 0.25) is 0 Å². The van der Waals surface area contributed by atoms with Crippen molar-refractivity contribution in [1.29, 1.82) is 0 Å². The quantitative estimate of drug-likeness (QED) is 0.717. The summed E-state index contributed by atoms with van der Waals surface area (Å²) >= 11 is 0. The van der Waals surface area contributed by atoms with Gasteiger partial charge in [0, 0.05) is 30.4 Å². The first-order chi connectivity index (χ1) is 12.3. The van der Waals surface area contributed by atoms with E-state index in [0.717, 1.165) is 41.9 Å². The van der Waals surface area contributed by atoms with E-state index in [2.05, 4.69) is 58.5 Å². The molecule has 1 aromatic heterocycles. The first kappa shape index (κ1) is 16.2. The van der Waals surface area contributed by atoms with Gasteiger partial charge in [-0.1, -0.05) is 19.1 Å². The number of oxazole rings is 1. The van der Waals surface area contributed by atoms with Crippen LogP contribution in [0.3, 0.4) is 0 Å². The minimum Gasteiger partial charge on any atom is -0.436 e. The Labute approximate surface area is 148 Å². The van der Waals surface area contributed by atoms with Crippen LogP contribution < -0.4 is 5.32 Å². The Hall–Kier alpha value is -2.33. The standard InChI is InChI=1S/C21H25N3O/c1-2-16-5-7-17(8-6-16)21-23-19-10-9-18(15-20(19)25-21)22-11-14-24-12-3-4-13-24/h5-10,15,22H,2-4,11-14H2,1H3. The summed E-state index contributed by atoms with van der Waals surface area (Å²) in [7, 11) is 0. The first-order valence-electron chi connectivity index (χ1n) is 9.28. The Balaban J connectivity index is 1.46. The Bertz CT molecular complexity index is 832. The van der Waals surface area contributed by atoms with Gasteiger partial charge in [-0.25, -0.2) is 4.98 Å². The molecule has 130 valence electrons. The molecule has 2 heterocycles. The van der Waals surface area contributed by atoms with E-state index in [4.69, 9.17) is 4.42 Å². The van der Waals surface area contributed by atoms with E-state index < -0.39 is 0 Å². The smallest absolute Gasteiger partial charge is 0.227 e. The highest BCUT2D eigenvalue weighted by Gasteiger charge is 2.11. The molecule has 4 heteroatoms. The number of nitrogens with one attached hydrogen (secondary N) is 1. The number of aryl methyl sites for hydroxylation is 1. The largest absolute Gasteiger partial charge is 0.436 e. The highest BCUT2D eigenvalue weighted by Crippen LogP contribution is 2.26. The van der Waals surface area contributed by atoms with E-state index in [1.165, 1.54) is 31.5 Å². The molecule has 0 amide bonds. The summed E-state index contributed by atoms with van der Waals surface area (Å²) in [5, 5.41) is 3.50. The first-order valence-corrected chi connectivity index (χ1v) is 9.28. The molecule has 1 N–H and O–H groups in total. The number of hydrogen-bond donors (Lipinski definition) is 1. The van der Waals surface area contributed by atoms with Crippen LogP contribution in [-0.2, 0) is 6.42 Å². The monoisotopic (exact) mass is 335 g/mol. The lowest BCUT2D eigenvalue weighted by molar-refractivity contribution is 0.352. The molecule has 1 saturated heterocycles. The van der Waals surface area contributed by atoms with Gasteiger partial charge in [0.25, 0.3) is 0 Å². The molecular weight excluding hydrogens is 310 g/mol. The van der Waals surface area contributed by atoms with Crippen molar-refractivity contribution in [2.24, 2.45) is 0 Å². The average Bonchev–Trinajstić information content (AvgIpc) is 3.31. The van der Waals surface area contributed by atoms with Gasteiger partial charge in [-0.3, -0.25) is 0 Å². The van der Waals surface area contributed by atoms with Gasteiger partial charge < -0.3 is 14.6 Å². The van der Waals surface area contributed by atoms with Crippen molar-refractivity contribution in [1.82, 2.24) is 9.88 Å². The van der Waals surface area contributed by atoms with E-state index in [0.29, 0.717) is 5.89 Å². The predicted octanol–water partition coefficient (Wildman–Crippen LogP) is 4.56. The molecule has 0 aliphatic carbocycles. The molecule has 2 aromatic carbocycles. The van der Waals surface area contributed by atoms with Crippen molar-refractivity contribution >= 4 is 16.8 Å². The summed E-state index contributed by atoms with van der Waals surface area (Å²) in [6.45, 7) is 6.70. The zero-order valence-electron chi connectivity index (χ0n) is 14.8. The predicted molar refractivity (Wildman–Crippen MR) is 103 cm³/mol. The molecule has 1 fully saturated rings. The van der Waals surface area contributed by atoms with Crippen LogP contribution in [0.5, 0.6) is 0 Å². The van der Waals surface area contributed by atoms with Gasteiger partial charge in [0.15, 0.2) is 5.58 Å². The zero-order chi connectivity index (χ0) is 17.1. The van der Waals surface area contributed by atoms with E-state index >= 15 is 0 Å². The van der Waals surface area contributed by atoms with Crippen LogP contribution in [0, 0.1) is 0 Å². The normalized spacial score (nSPS) is 15.1. The fourth-order valence-corrected chi connectivity index (χ4v) is 3.41. The minimum atomic E-state index is 0.687. The van der Waals surface area contributed by atoms with Gasteiger partial charge in [-0.15, -0.1) is 0 Å². The maximum absolute atomic E-state index is 5.99. The molecule has 0 saturated carbocycles. The van der Waals surface area contributed by atoms with Gasteiger partial charge in [0.1, 0.15) is 5.52 Å². The highest BCUT2D eigenvalue weighted by atomic mass is 16.3. The topological polar surface area (TPSA) is 41.3 Å². The maximum atomic E-state index is 5.99. The van der Waals surface area contributed by atoms with Crippen LogP contribution >= 0.6 is 0 Å². The Morgan fingerprint density at radius 1 is 1.08 bits per heavy atom. The number of benzene rings is 2. The fraction of sp³-hybridized carbons (Fsp3) is 0.381. The molecule has 0 unspecified atom stereocenters. The number of rotatable bonds is 6. The van der Waals surface area contributed by atoms with Crippen LogP contribution in [-0.4, -0.2) is 36.1 Å². The van der Waals surface area contributed by atoms with E-state index in [9.17, 15) is 0 Å². The van der Waals surface area contributed by atoms with Crippen LogP contribution in [0.25, 0.3) is 22.6 Å². The van der Waals surface area contributed by atoms with Crippen molar-refractivity contribution in [2.75, 3.05) is 31.5 Å². The third kappa shape index (κ3) is 3.69. The molecule has 3 aromatic rings. The lowest BCUT2D eigenvalue weighted by Gasteiger charge is -2.15. The van der Waals surface area contributed by atoms with E-state index in [1.807, 2.05) is 6.07 Å². The van der Waals surface area contributed by atoms with Gasteiger partial charge in [0.2, 0.25) is 5.89 Å². The number of anilines is 1. The van der Waals surface area contributed by atoms with Crippen molar-refractivity contribution < 1.29 is 4.42 Å². The summed E-state index contributed by atoms with van der Waals surface area (Å²) in [5.74, 6) is 0.687. The maximum Gasteiger partial charge on any atom is 0.227 e. The number of fused-ring (bicyclic) bond motifs is 1. The van der Waals surface area contributed by atoms with Gasteiger partial charge in [-0.05, 0) is 62.2 Å². The summed E-state index contributed by atoms with van der Waals surface area (Å²) in [4.78, 5) is 7.13. The van der Waals surface area contributed by atoms with Crippen molar-refractivity contribution in [3.63, 3.8) is 0 Å². The molecule has 0 spiro atoms. The number of hydrogen-bond acceptors (Lipinski definition) is 4. The highest BCUT2D eigenvalue weighted by molar-refractivity contribution is 5.79. The molecule has 4 rings (SSSR count). The van der Waals surface area contributed by atoms with Gasteiger partial charge in [-0.2, -0.15) is 0 Å². The second-order valence-corrected chi connectivity index (χ2v) is 6.73. The second-order valence-electron chi connectivity index (χ2n) is 6.73. The molecular formula is C21H25N3O. The Morgan fingerprint density at radius 3 is 2.64 bits per heavy atom. The zero-order valence-corrected chi connectivity index (χ0v) is 14.8. The van der Waals surface area contributed by atoms with E-state index in [-0.39, 0.29) is 0 Å². The molecule has 4 nitrogen and oxygen atoms in total. The SMILES string of the molecule is CCc1ccc(-c2nc3ccc(NCCN4CCCC4)cc3o2)cc1. The molecule has 0 bridgehead atoms. The number of likely N-dealkylation sites (tertiary alicyclic amines) is 1. The van der Waals surface area contributed by atoms with E-state index in [1.54, 1.807) is 0 Å². The Morgan fingerprint density at radius 2 is 1.88 bits per heavy atom. The molecule has 0 radical (unpaired) electrons. The van der Waals surface area contributed by atoms with Crippen LogP contribution in [0.15, 0.2) is 46.9 Å². The second kappa shape index (κ2) is 7.28. The summed E-state index contributed by atoms with van der Waals surface area (Å²) in [6, 6.07) is 14.6. The van der Waals surface area contributed by atoms with Crippen LogP contribution in [0.1, 0.15) is 25.3 Å².